The van der Waals surface area contributed by atoms with Gasteiger partial charge in [-0.3, -0.25) is 4.79 Å². The van der Waals surface area contributed by atoms with Crippen LogP contribution in [0.25, 0.3) is 0 Å². The molecule has 0 aliphatic rings. The van der Waals surface area contributed by atoms with Gasteiger partial charge in [-0.25, -0.2) is 4.39 Å². The lowest BCUT2D eigenvalue weighted by Gasteiger charge is -2.29. The number of hydrogen-bond acceptors (Lipinski definition) is 4. The number of hydrogen-bond donors (Lipinski definition) is 1. The van der Waals surface area contributed by atoms with E-state index in [1.165, 1.54) is 26.4 Å². The van der Waals surface area contributed by atoms with Gasteiger partial charge in [-0.05, 0) is 19.9 Å². The second-order valence-electron chi connectivity index (χ2n) is 4.55. The van der Waals surface area contributed by atoms with Gasteiger partial charge in [0, 0.05) is 11.6 Å². The minimum absolute atomic E-state index is 0. The third kappa shape index (κ3) is 3.36. The van der Waals surface area contributed by atoms with E-state index in [0.717, 1.165) is 0 Å². The summed E-state index contributed by atoms with van der Waals surface area (Å²) in [7, 11) is 2.65. The van der Waals surface area contributed by atoms with Gasteiger partial charge in [-0.1, -0.05) is 12.1 Å². The van der Waals surface area contributed by atoms with Crippen molar-refractivity contribution in [1.82, 2.24) is 0 Å². The van der Waals surface area contributed by atoms with Crippen molar-refractivity contribution in [2.45, 2.75) is 19.9 Å². The van der Waals surface area contributed by atoms with Gasteiger partial charge in [-0.2, -0.15) is 0 Å². The molecule has 1 aromatic carbocycles. The van der Waals surface area contributed by atoms with Crippen molar-refractivity contribution in [1.29, 1.82) is 0 Å². The molecule has 0 heterocycles. The molecule has 0 saturated heterocycles. The van der Waals surface area contributed by atoms with Crippen molar-refractivity contribution in [2.75, 3.05) is 14.2 Å². The van der Waals surface area contributed by atoms with Gasteiger partial charge in [0.05, 0.1) is 19.6 Å². The standard InChI is InChI=1S/C13H18FNO3.ClH/c1-13(2,12(16)18-4)11(15)8-6-5-7-9(14)10(8)17-3;/h5-7,11H,15H2,1-4H3;1H/t11-;/m0./s1. The topological polar surface area (TPSA) is 61.5 Å². The van der Waals surface area contributed by atoms with Crippen LogP contribution in [0.15, 0.2) is 18.2 Å². The van der Waals surface area contributed by atoms with Crippen LogP contribution in [0, 0.1) is 11.2 Å². The zero-order valence-electron chi connectivity index (χ0n) is 11.4. The zero-order chi connectivity index (χ0) is 13.9. The molecule has 0 fully saturated rings. The molecule has 0 bridgehead atoms. The van der Waals surface area contributed by atoms with E-state index in [-0.39, 0.29) is 18.2 Å². The summed E-state index contributed by atoms with van der Waals surface area (Å²) in [6, 6.07) is 3.72. The molecule has 4 nitrogen and oxygen atoms in total. The predicted molar refractivity (Wildman–Crippen MR) is 72.9 cm³/mol. The van der Waals surface area contributed by atoms with Crippen LogP contribution in [-0.4, -0.2) is 20.2 Å². The number of methoxy groups -OCH3 is 2. The maximum atomic E-state index is 13.6. The second kappa shape index (κ2) is 6.73. The minimum Gasteiger partial charge on any atom is -0.493 e. The highest BCUT2D eigenvalue weighted by Gasteiger charge is 2.38. The van der Waals surface area contributed by atoms with E-state index >= 15 is 0 Å². The maximum Gasteiger partial charge on any atom is 0.313 e. The Labute approximate surface area is 118 Å². The molecular formula is C13H19ClFNO3. The third-order valence-electron chi connectivity index (χ3n) is 3.03. The van der Waals surface area contributed by atoms with E-state index in [9.17, 15) is 9.18 Å². The van der Waals surface area contributed by atoms with E-state index in [1.54, 1.807) is 19.9 Å². The molecule has 0 aliphatic heterocycles. The molecular weight excluding hydrogens is 273 g/mol. The fourth-order valence-electron chi connectivity index (χ4n) is 1.76. The lowest BCUT2D eigenvalue weighted by Crippen LogP contribution is -2.37. The Morgan fingerprint density at radius 3 is 2.42 bits per heavy atom. The van der Waals surface area contributed by atoms with Gasteiger partial charge in [-0.15, -0.1) is 12.4 Å². The number of carbonyl (C=O) groups is 1. The van der Waals surface area contributed by atoms with Gasteiger partial charge in [0.15, 0.2) is 11.6 Å². The Balaban J connectivity index is 0.00000324. The van der Waals surface area contributed by atoms with Crippen LogP contribution in [0.4, 0.5) is 4.39 Å². The molecule has 0 aromatic heterocycles. The van der Waals surface area contributed by atoms with Crippen molar-refractivity contribution in [3.05, 3.63) is 29.6 Å². The Kier molecular flexibility index (Phi) is 6.25. The fraction of sp³-hybridized carbons (Fsp3) is 0.462. The minimum atomic E-state index is -0.976. The molecule has 19 heavy (non-hydrogen) atoms. The van der Waals surface area contributed by atoms with Gasteiger partial charge in [0.1, 0.15) is 0 Å². The second-order valence-corrected chi connectivity index (χ2v) is 4.55. The van der Waals surface area contributed by atoms with Crippen molar-refractivity contribution >= 4 is 18.4 Å². The van der Waals surface area contributed by atoms with Crippen LogP contribution in [0.3, 0.4) is 0 Å². The smallest absolute Gasteiger partial charge is 0.313 e. The van der Waals surface area contributed by atoms with E-state index in [2.05, 4.69) is 0 Å². The lowest BCUT2D eigenvalue weighted by atomic mass is 9.80. The average molecular weight is 292 g/mol. The SMILES string of the molecule is COC(=O)C(C)(C)[C@@H](N)c1cccc(F)c1OC.Cl. The normalized spacial score (nSPS) is 12.3. The first-order valence-corrected chi connectivity index (χ1v) is 5.52. The number of nitrogens with two attached hydrogens (primary N) is 1. The zero-order valence-corrected chi connectivity index (χ0v) is 12.2. The van der Waals surface area contributed by atoms with Crippen molar-refractivity contribution in [3.63, 3.8) is 0 Å². The molecule has 0 unspecified atom stereocenters. The maximum absolute atomic E-state index is 13.6. The molecule has 1 rings (SSSR count). The summed E-state index contributed by atoms with van der Waals surface area (Å²) in [5.41, 5.74) is 5.51. The number of halogens is 2. The fourth-order valence-corrected chi connectivity index (χ4v) is 1.76. The molecule has 1 aromatic rings. The van der Waals surface area contributed by atoms with Gasteiger partial charge < -0.3 is 15.2 Å². The quantitative estimate of drug-likeness (QED) is 0.866. The number of rotatable bonds is 4. The van der Waals surface area contributed by atoms with Crippen LogP contribution >= 0.6 is 12.4 Å². The van der Waals surface area contributed by atoms with Gasteiger partial charge in [0.25, 0.3) is 0 Å². The number of esters is 1. The van der Waals surface area contributed by atoms with E-state index in [0.29, 0.717) is 5.56 Å². The van der Waals surface area contributed by atoms with Crippen LogP contribution < -0.4 is 10.5 Å². The number of para-hydroxylation sites is 1. The van der Waals surface area contributed by atoms with Crippen molar-refractivity contribution in [2.24, 2.45) is 11.1 Å². The van der Waals surface area contributed by atoms with Crippen LogP contribution in [-0.2, 0) is 9.53 Å². The molecule has 0 amide bonds. The Morgan fingerprint density at radius 1 is 1.37 bits per heavy atom. The van der Waals surface area contributed by atoms with E-state index < -0.39 is 23.2 Å². The van der Waals surface area contributed by atoms with Crippen LogP contribution in [0.5, 0.6) is 5.75 Å². The summed E-state index contributed by atoms with van der Waals surface area (Å²) in [6.45, 7) is 3.29. The Morgan fingerprint density at radius 2 is 1.95 bits per heavy atom. The summed E-state index contributed by atoms with van der Waals surface area (Å²) in [4.78, 5) is 11.7. The van der Waals surface area contributed by atoms with Crippen LogP contribution in [0.2, 0.25) is 0 Å². The molecule has 2 N–H and O–H groups in total. The highest BCUT2D eigenvalue weighted by atomic mass is 35.5. The highest BCUT2D eigenvalue weighted by molar-refractivity contribution is 5.85. The lowest BCUT2D eigenvalue weighted by molar-refractivity contribution is -0.152. The summed E-state index contributed by atoms with van der Waals surface area (Å²) < 4.78 is 23.3. The molecule has 1 atom stereocenters. The largest absolute Gasteiger partial charge is 0.493 e. The van der Waals surface area contributed by atoms with Crippen LogP contribution in [0.1, 0.15) is 25.5 Å². The first kappa shape index (κ1) is 17.7. The van der Waals surface area contributed by atoms with Crippen molar-refractivity contribution in [3.8, 4) is 5.75 Å². The molecule has 108 valence electrons. The molecule has 6 heteroatoms. The number of ether oxygens (including phenoxy) is 2. The van der Waals surface area contributed by atoms with Crippen molar-refractivity contribution < 1.29 is 18.7 Å². The Bertz CT molecular complexity index is 452. The van der Waals surface area contributed by atoms with Gasteiger partial charge >= 0.3 is 5.97 Å². The van der Waals surface area contributed by atoms with Gasteiger partial charge in [0.2, 0.25) is 0 Å². The van der Waals surface area contributed by atoms with E-state index in [4.69, 9.17) is 15.2 Å². The average Bonchev–Trinajstić information content (AvgIpc) is 2.36. The molecule has 0 radical (unpaired) electrons. The monoisotopic (exact) mass is 291 g/mol. The summed E-state index contributed by atoms with van der Waals surface area (Å²) in [6.07, 6.45) is 0. The third-order valence-corrected chi connectivity index (χ3v) is 3.03. The Hall–Kier alpha value is -1.33. The molecule has 0 spiro atoms. The summed E-state index contributed by atoms with van der Waals surface area (Å²) in [5, 5.41) is 0. The first-order chi connectivity index (χ1) is 8.36. The highest BCUT2D eigenvalue weighted by Crippen LogP contribution is 2.37. The molecule has 0 saturated carbocycles. The summed E-state index contributed by atoms with van der Waals surface area (Å²) >= 11 is 0. The predicted octanol–water partition coefficient (Wildman–Crippen LogP) is 2.46. The first-order valence-electron chi connectivity index (χ1n) is 5.52. The number of benzene rings is 1. The summed E-state index contributed by atoms with van der Waals surface area (Å²) in [5.74, 6) is -0.908. The molecule has 0 aliphatic carbocycles. The van der Waals surface area contributed by atoms with E-state index in [1.807, 2.05) is 0 Å². The number of carbonyl (C=O) groups excluding carboxylic acids is 1.